The summed E-state index contributed by atoms with van der Waals surface area (Å²) in [6.45, 7) is 2.68. The predicted molar refractivity (Wildman–Crippen MR) is 82.2 cm³/mol. The Hall–Kier alpha value is -2.34. The first-order valence-corrected chi connectivity index (χ1v) is 7.06. The molecule has 1 aromatic carbocycles. The van der Waals surface area contributed by atoms with Gasteiger partial charge in [0.2, 0.25) is 0 Å². The molecule has 0 spiro atoms. The van der Waals surface area contributed by atoms with Gasteiger partial charge in [-0.1, -0.05) is 18.2 Å². The maximum atomic E-state index is 5.76. The normalized spacial score (nSPS) is 10.7. The molecule has 20 heavy (non-hydrogen) atoms. The fraction of sp³-hybridized carbons (Fsp3) is 0.143. The molecule has 0 saturated heterocycles. The molecule has 0 bridgehead atoms. The molecule has 0 aliphatic heterocycles. The fourth-order valence-corrected chi connectivity index (χ4v) is 2.69. The third kappa shape index (κ3) is 2.37. The van der Waals surface area contributed by atoms with Gasteiger partial charge in [0, 0.05) is 24.5 Å². The van der Waals surface area contributed by atoms with Crippen LogP contribution in [0.2, 0.25) is 0 Å². The SMILES string of the molecule is Cc1c(N)nsc1NCc1ccccc1-n1cccn1. The molecular weight excluding hydrogens is 270 g/mol. The molecule has 2 aromatic heterocycles. The van der Waals surface area contributed by atoms with Crippen molar-refractivity contribution in [3.8, 4) is 5.69 Å². The van der Waals surface area contributed by atoms with E-state index in [1.165, 1.54) is 17.1 Å². The van der Waals surface area contributed by atoms with Gasteiger partial charge in [-0.3, -0.25) is 0 Å². The van der Waals surface area contributed by atoms with E-state index in [-0.39, 0.29) is 0 Å². The Labute approximate surface area is 121 Å². The van der Waals surface area contributed by atoms with Gasteiger partial charge in [-0.15, -0.1) is 0 Å². The maximum absolute atomic E-state index is 5.76. The van der Waals surface area contributed by atoms with E-state index in [1.807, 2.05) is 36.0 Å². The summed E-state index contributed by atoms with van der Waals surface area (Å²) in [7, 11) is 0. The van der Waals surface area contributed by atoms with E-state index >= 15 is 0 Å². The van der Waals surface area contributed by atoms with Gasteiger partial charge in [-0.25, -0.2) is 4.68 Å². The molecule has 0 saturated carbocycles. The van der Waals surface area contributed by atoms with Crippen molar-refractivity contribution in [3.05, 3.63) is 53.9 Å². The molecule has 5 nitrogen and oxygen atoms in total. The molecule has 2 heterocycles. The van der Waals surface area contributed by atoms with Crippen molar-refractivity contribution in [2.24, 2.45) is 0 Å². The fourth-order valence-electron chi connectivity index (χ4n) is 1.98. The lowest BCUT2D eigenvalue weighted by molar-refractivity contribution is 0.864. The molecule has 0 amide bonds. The highest BCUT2D eigenvalue weighted by Crippen LogP contribution is 2.26. The van der Waals surface area contributed by atoms with Crippen LogP contribution in [0.1, 0.15) is 11.1 Å². The monoisotopic (exact) mass is 285 g/mol. The zero-order chi connectivity index (χ0) is 13.9. The second-order valence-corrected chi connectivity index (χ2v) is 5.23. The lowest BCUT2D eigenvalue weighted by Gasteiger charge is -2.10. The second-order valence-electron chi connectivity index (χ2n) is 4.45. The summed E-state index contributed by atoms with van der Waals surface area (Å²) in [6.07, 6.45) is 3.72. The van der Waals surface area contributed by atoms with Crippen molar-refractivity contribution in [2.75, 3.05) is 11.1 Å². The lowest BCUT2D eigenvalue weighted by atomic mass is 10.2. The molecule has 6 heteroatoms. The van der Waals surface area contributed by atoms with Crippen molar-refractivity contribution < 1.29 is 0 Å². The minimum absolute atomic E-state index is 0.595. The highest BCUT2D eigenvalue weighted by atomic mass is 32.1. The van der Waals surface area contributed by atoms with Crippen LogP contribution in [0.3, 0.4) is 0 Å². The molecule has 3 aromatic rings. The summed E-state index contributed by atoms with van der Waals surface area (Å²) < 4.78 is 6.01. The number of nitrogens with one attached hydrogen (secondary N) is 1. The van der Waals surface area contributed by atoms with Gasteiger partial charge in [0.1, 0.15) is 10.8 Å². The Kier molecular flexibility index (Phi) is 3.39. The van der Waals surface area contributed by atoms with Gasteiger partial charge < -0.3 is 11.1 Å². The third-order valence-corrected chi connectivity index (χ3v) is 4.06. The number of nitrogens with zero attached hydrogens (tertiary/aromatic N) is 3. The molecule has 3 rings (SSSR count). The van der Waals surface area contributed by atoms with E-state index in [0.29, 0.717) is 12.4 Å². The largest absolute Gasteiger partial charge is 0.383 e. The van der Waals surface area contributed by atoms with Gasteiger partial charge in [0.15, 0.2) is 0 Å². The lowest BCUT2D eigenvalue weighted by Crippen LogP contribution is -2.05. The Morgan fingerprint density at radius 3 is 2.85 bits per heavy atom. The average Bonchev–Trinajstić information content (AvgIpc) is 3.10. The van der Waals surface area contributed by atoms with E-state index in [4.69, 9.17) is 5.73 Å². The number of aromatic nitrogens is 3. The molecule has 0 aliphatic rings. The van der Waals surface area contributed by atoms with Crippen LogP contribution in [-0.2, 0) is 6.54 Å². The first kappa shape index (κ1) is 12.7. The number of nitrogens with two attached hydrogens (primary N) is 1. The van der Waals surface area contributed by atoms with Crippen LogP contribution in [0, 0.1) is 6.92 Å². The van der Waals surface area contributed by atoms with Crippen LogP contribution in [0.5, 0.6) is 0 Å². The molecule has 0 radical (unpaired) electrons. The number of para-hydroxylation sites is 1. The second kappa shape index (κ2) is 5.34. The topological polar surface area (TPSA) is 68.8 Å². The standard InChI is InChI=1S/C14H15N5S/c1-10-13(15)18-20-14(10)16-9-11-5-2-3-6-12(11)19-8-4-7-17-19/h2-8,16H,9H2,1H3,(H2,15,18). The summed E-state index contributed by atoms with van der Waals surface area (Å²) >= 11 is 1.39. The van der Waals surface area contributed by atoms with E-state index in [2.05, 4.69) is 26.9 Å². The molecular formula is C14H15N5S. The van der Waals surface area contributed by atoms with Gasteiger partial charge in [0.25, 0.3) is 0 Å². The summed E-state index contributed by atoms with van der Waals surface area (Å²) in [5, 5.41) is 8.68. The Morgan fingerprint density at radius 2 is 2.15 bits per heavy atom. The first-order chi connectivity index (χ1) is 9.75. The minimum Gasteiger partial charge on any atom is -0.383 e. The van der Waals surface area contributed by atoms with Crippen LogP contribution in [0.4, 0.5) is 10.8 Å². The Morgan fingerprint density at radius 1 is 1.30 bits per heavy atom. The smallest absolute Gasteiger partial charge is 0.142 e. The molecule has 3 N–H and O–H groups in total. The number of benzene rings is 1. The highest BCUT2D eigenvalue weighted by Gasteiger charge is 2.08. The average molecular weight is 285 g/mol. The number of anilines is 2. The van der Waals surface area contributed by atoms with Crippen molar-refractivity contribution in [3.63, 3.8) is 0 Å². The first-order valence-electron chi connectivity index (χ1n) is 6.29. The number of hydrogen-bond acceptors (Lipinski definition) is 5. The highest BCUT2D eigenvalue weighted by molar-refractivity contribution is 7.10. The van der Waals surface area contributed by atoms with Crippen LogP contribution in [-0.4, -0.2) is 14.2 Å². The van der Waals surface area contributed by atoms with Crippen molar-refractivity contribution in [1.82, 2.24) is 14.2 Å². The van der Waals surface area contributed by atoms with Gasteiger partial charge in [0.05, 0.1) is 5.69 Å². The molecule has 0 fully saturated rings. The van der Waals surface area contributed by atoms with Crippen LogP contribution >= 0.6 is 11.5 Å². The predicted octanol–water partition coefficient (Wildman–Crippen LogP) is 2.83. The summed E-state index contributed by atoms with van der Waals surface area (Å²) in [5.74, 6) is 0.595. The van der Waals surface area contributed by atoms with E-state index in [0.717, 1.165) is 16.3 Å². The van der Waals surface area contributed by atoms with Gasteiger partial charge in [-0.05, 0) is 36.2 Å². The van der Waals surface area contributed by atoms with E-state index in [1.54, 1.807) is 6.20 Å². The third-order valence-electron chi connectivity index (χ3n) is 3.14. The van der Waals surface area contributed by atoms with Crippen LogP contribution < -0.4 is 11.1 Å². The Balaban J connectivity index is 1.83. The molecule has 0 unspecified atom stereocenters. The molecule has 0 atom stereocenters. The van der Waals surface area contributed by atoms with Crippen LogP contribution in [0.15, 0.2) is 42.7 Å². The molecule has 0 aliphatic carbocycles. The van der Waals surface area contributed by atoms with Gasteiger partial charge >= 0.3 is 0 Å². The number of rotatable bonds is 4. The summed E-state index contributed by atoms with van der Waals surface area (Å²) in [4.78, 5) is 0. The quantitative estimate of drug-likeness (QED) is 0.773. The van der Waals surface area contributed by atoms with Gasteiger partial charge in [-0.2, -0.15) is 9.47 Å². The summed E-state index contributed by atoms with van der Waals surface area (Å²) in [6, 6.07) is 10.1. The minimum atomic E-state index is 0.595. The van der Waals surface area contributed by atoms with E-state index < -0.39 is 0 Å². The number of nitrogen functional groups attached to an aromatic ring is 1. The zero-order valence-corrected chi connectivity index (χ0v) is 11.9. The van der Waals surface area contributed by atoms with Crippen molar-refractivity contribution >= 4 is 22.4 Å². The van der Waals surface area contributed by atoms with Crippen LogP contribution in [0.25, 0.3) is 5.69 Å². The Bertz CT molecular complexity index is 702. The van der Waals surface area contributed by atoms with Crippen molar-refractivity contribution in [1.29, 1.82) is 0 Å². The summed E-state index contributed by atoms with van der Waals surface area (Å²) in [5.41, 5.74) is 9.01. The maximum Gasteiger partial charge on any atom is 0.142 e. The number of hydrogen-bond donors (Lipinski definition) is 2. The molecule has 102 valence electrons. The van der Waals surface area contributed by atoms with E-state index in [9.17, 15) is 0 Å². The van der Waals surface area contributed by atoms with Crippen molar-refractivity contribution in [2.45, 2.75) is 13.5 Å². The zero-order valence-electron chi connectivity index (χ0n) is 11.1.